The minimum Gasteiger partial charge on any atom is -0.482 e. The molecule has 1 aromatic carbocycles. The first-order valence-electron chi connectivity index (χ1n) is 6.70. The first-order chi connectivity index (χ1) is 9.63. The predicted molar refractivity (Wildman–Crippen MR) is 85.6 cm³/mol. The summed E-state index contributed by atoms with van der Waals surface area (Å²) in [7, 11) is 0. The normalized spacial score (nSPS) is 23.6. The summed E-state index contributed by atoms with van der Waals surface area (Å²) < 4.78 is 5.49. The summed E-state index contributed by atoms with van der Waals surface area (Å²) in [6, 6.07) is 4.97. The van der Waals surface area contributed by atoms with Gasteiger partial charge < -0.3 is 15.0 Å². The maximum Gasteiger partial charge on any atom is 0.260 e. The van der Waals surface area contributed by atoms with Gasteiger partial charge in [0.05, 0.1) is 5.02 Å². The summed E-state index contributed by atoms with van der Waals surface area (Å²) in [6.45, 7) is 3.67. The van der Waals surface area contributed by atoms with Crippen molar-refractivity contribution in [1.82, 2.24) is 10.2 Å². The Bertz CT molecular complexity index is 515. The number of fused-ring (bicyclic) bond motifs is 1. The SMILES string of the molecule is Cl.O=C(COc1cc(Cl)ccc1Cl)N1C[C@H]2CNC[C@H]2C1. The first kappa shape index (κ1) is 16.7. The number of ether oxygens (including phenoxy) is 1. The standard InChI is InChI=1S/C14H16Cl2N2O2.ClH/c15-11-1-2-12(16)13(3-11)20-8-14(19)18-6-9-4-17-5-10(9)7-18;/h1-3,9-10,17H,4-8H2;1H/t9-,10+;. The molecule has 0 unspecified atom stereocenters. The number of halogens is 3. The molecule has 0 bridgehead atoms. The van der Waals surface area contributed by atoms with E-state index in [0.29, 0.717) is 27.6 Å². The second kappa shape index (κ2) is 7.05. The smallest absolute Gasteiger partial charge is 0.260 e. The highest BCUT2D eigenvalue weighted by atomic mass is 35.5. The molecule has 2 saturated heterocycles. The van der Waals surface area contributed by atoms with Gasteiger partial charge in [-0.2, -0.15) is 0 Å². The fraction of sp³-hybridized carbons (Fsp3) is 0.500. The highest BCUT2D eigenvalue weighted by Crippen LogP contribution is 2.29. The molecule has 2 heterocycles. The Hall–Kier alpha value is -0.680. The summed E-state index contributed by atoms with van der Waals surface area (Å²) in [5, 5.41) is 4.36. The van der Waals surface area contributed by atoms with Gasteiger partial charge in [-0.3, -0.25) is 4.79 Å². The van der Waals surface area contributed by atoms with Gasteiger partial charge in [0.1, 0.15) is 5.75 Å². The number of amides is 1. The maximum absolute atomic E-state index is 12.2. The molecule has 2 aliphatic heterocycles. The van der Waals surface area contributed by atoms with Crippen molar-refractivity contribution >= 4 is 41.5 Å². The molecule has 4 nitrogen and oxygen atoms in total. The van der Waals surface area contributed by atoms with Crippen LogP contribution in [0.25, 0.3) is 0 Å². The van der Waals surface area contributed by atoms with Crippen molar-refractivity contribution in [2.24, 2.45) is 11.8 Å². The molecule has 0 aromatic heterocycles. The molecule has 0 aliphatic carbocycles. The first-order valence-corrected chi connectivity index (χ1v) is 7.45. The Morgan fingerprint density at radius 3 is 2.62 bits per heavy atom. The lowest BCUT2D eigenvalue weighted by Gasteiger charge is -2.18. The van der Waals surface area contributed by atoms with E-state index < -0.39 is 0 Å². The van der Waals surface area contributed by atoms with Crippen LogP contribution in [0.2, 0.25) is 10.0 Å². The van der Waals surface area contributed by atoms with Crippen LogP contribution in [0.4, 0.5) is 0 Å². The van der Waals surface area contributed by atoms with Crippen LogP contribution in [-0.2, 0) is 4.79 Å². The number of benzene rings is 1. The van der Waals surface area contributed by atoms with Crippen molar-refractivity contribution in [2.75, 3.05) is 32.8 Å². The van der Waals surface area contributed by atoms with Gasteiger partial charge in [-0.25, -0.2) is 0 Å². The van der Waals surface area contributed by atoms with Gasteiger partial charge in [0.25, 0.3) is 5.91 Å². The van der Waals surface area contributed by atoms with Gasteiger partial charge in [0, 0.05) is 37.3 Å². The van der Waals surface area contributed by atoms with Crippen molar-refractivity contribution in [1.29, 1.82) is 0 Å². The van der Waals surface area contributed by atoms with Gasteiger partial charge in [0.2, 0.25) is 0 Å². The van der Waals surface area contributed by atoms with Crippen molar-refractivity contribution < 1.29 is 9.53 Å². The van der Waals surface area contributed by atoms with Gasteiger partial charge in [-0.05, 0) is 24.0 Å². The summed E-state index contributed by atoms with van der Waals surface area (Å²) in [5.41, 5.74) is 0. The molecule has 1 N–H and O–H groups in total. The van der Waals surface area contributed by atoms with E-state index in [1.165, 1.54) is 0 Å². The molecule has 3 rings (SSSR count). The van der Waals surface area contributed by atoms with Crippen LogP contribution in [-0.4, -0.2) is 43.6 Å². The predicted octanol–water partition coefficient (Wildman–Crippen LogP) is 2.47. The molecule has 1 amide bonds. The Kier molecular flexibility index (Phi) is 5.60. The van der Waals surface area contributed by atoms with Crippen LogP contribution in [0, 0.1) is 11.8 Å². The third kappa shape index (κ3) is 3.75. The number of nitrogens with zero attached hydrogens (tertiary/aromatic N) is 1. The molecule has 0 radical (unpaired) electrons. The molecule has 0 saturated carbocycles. The minimum atomic E-state index is 0. The van der Waals surface area contributed by atoms with E-state index in [9.17, 15) is 4.79 Å². The van der Waals surface area contributed by atoms with Crippen LogP contribution in [0.3, 0.4) is 0 Å². The molecule has 2 atom stereocenters. The number of carbonyl (C=O) groups excluding carboxylic acids is 1. The molecule has 21 heavy (non-hydrogen) atoms. The van der Waals surface area contributed by atoms with E-state index in [2.05, 4.69) is 5.32 Å². The Balaban J connectivity index is 0.00000161. The summed E-state index contributed by atoms with van der Waals surface area (Å²) in [4.78, 5) is 14.0. The molecule has 2 aliphatic rings. The van der Waals surface area contributed by atoms with Crippen molar-refractivity contribution in [2.45, 2.75) is 0 Å². The molecule has 116 valence electrons. The second-order valence-electron chi connectivity index (χ2n) is 5.34. The van der Waals surface area contributed by atoms with Gasteiger partial charge in [-0.1, -0.05) is 23.2 Å². The average Bonchev–Trinajstić information content (AvgIpc) is 3.00. The van der Waals surface area contributed by atoms with Crippen LogP contribution in [0.1, 0.15) is 0 Å². The number of carbonyl (C=O) groups is 1. The van der Waals surface area contributed by atoms with Gasteiger partial charge in [-0.15, -0.1) is 12.4 Å². The van der Waals surface area contributed by atoms with E-state index in [4.69, 9.17) is 27.9 Å². The number of hydrogen-bond donors (Lipinski definition) is 1. The quantitative estimate of drug-likeness (QED) is 0.909. The zero-order valence-electron chi connectivity index (χ0n) is 11.4. The lowest BCUT2D eigenvalue weighted by Crippen LogP contribution is -2.35. The Morgan fingerprint density at radius 1 is 1.29 bits per heavy atom. The number of hydrogen-bond acceptors (Lipinski definition) is 3. The number of rotatable bonds is 3. The number of nitrogens with one attached hydrogen (secondary N) is 1. The molecular formula is C14H17Cl3N2O2. The molecule has 0 spiro atoms. The summed E-state index contributed by atoms with van der Waals surface area (Å²) in [6.07, 6.45) is 0. The Morgan fingerprint density at radius 2 is 1.95 bits per heavy atom. The van der Waals surface area contributed by atoms with E-state index in [1.54, 1.807) is 18.2 Å². The van der Waals surface area contributed by atoms with Gasteiger partial charge >= 0.3 is 0 Å². The monoisotopic (exact) mass is 350 g/mol. The highest BCUT2D eigenvalue weighted by molar-refractivity contribution is 6.34. The van der Waals surface area contributed by atoms with Crippen LogP contribution in [0.15, 0.2) is 18.2 Å². The molecule has 2 fully saturated rings. The zero-order valence-corrected chi connectivity index (χ0v) is 13.7. The van der Waals surface area contributed by atoms with E-state index in [0.717, 1.165) is 26.2 Å². The van der Waals surface area contributed by atoms with Crippen LogP contribution < -0.4 is 10.1 Å². The van der Waals surface area contributed by atoms with Crippen molar-refractivity contribution in [3.8, 4) is 5.75 Å². The lowest BCUT2D eigenvalue weighted by molar-refractivity contribution is -0.132. The van der Waals surface area contributed by atoms with E-state index in [-0.39, 0.29) is 24.9 Å². The van der Waals surface area contributed by atoms with E-state index >= 15 is 0 Å². The molecular weight excluding hydrogens is 335 g/mol. The van der Waals surface area contributed by atoms with Crippen molar-refractivity contribution in [3.05, 3.63) is 28.2 Å². The second-order valence-corrected chi connectivity index (χ2v) is 6.18. The number of likely N-dealkylation sites (tertiary alicyclic amines) is 1. The third-order valence-electron chi connectivity index (χ3n) is 3.99. The highest BCUT2D eigenvalue weighted by Gasteiger charge is 2.37. The topological polar surface area (TPSA) is 41.6 Å². The fourth-order valence-electron chi connectivity index (χ4n) is 2.88. The largest absolute Gasteiger partial charge is 0.482 e. The van der Waals surface area contributed by atoms with Crippen molar-refractivity contribution in [3.63, 3.8) is 0 Å². The van der Waals surface area contributed by atoms with Crippen LogP contribution in [0.5, 0.6) is 5.75 Å². The average molecular weight is 352 g/mol. The van der Waals surface area contributed by atoms with E-state index in [1.807, 2.05) is 4.90 Å². The molecule has 1 aromatic rings. The Labute approximate surface area is 140 Å². The molecule has 7 heteroatoms. The van der Waals surface area contributed by atoms with Crippen LogP contribution >= 0.6 is 35.6 Å². The van der Waals surface area contributed by atoms with Gasteiger partial charge in [0.15, 0.2) is 6.61 Å². The summed E-state index contributed by atoms with van der Waals surface area (Å²) >= 11 is 11.9. The summed E-state index contributed by atoms with van der Waals surface area (Å²) in [5.74, 6) is 1.64. The lowest BCUT2D eigenvalue weighted by atomic mass is 10.0. The zero-order chi connectivity index (χ0) is 14.1. The fourth-order valence-corrected chi connectivity index (χ4v) is 3.21. The third-order valence-corrected chi connectivity index (χ3v) is 4.53. The minimum absolute atomic E-state index is 0. The maximum atomic E-state index is 12.2.